The average Bonchev–Trinajstić information content (AvgIpc) is 3.47. The molecule has 0 aliphatic rings. The highest BCUT2D eigenvalue weighted by atomic mass is 16.6. The van der Waals surface area contributed by atoms with Gasteiger partial charge in [0, 0.05) is 12.8 Å². The van der Waals surface area contributed by atoms with Crippen molar-refractivity contribution in [2.45, 2.75) is 297 Å². The van der Waals surface area contributed by atoms with Crippen LogP contribution in [0.15, 0.2) is 146 Å². The molecular formula is C75H122O6. The number of rotatable bonds is 59. The molecule has 0 saturated heterocycles. The summed E-state index contributed by atoms with van der Waals surface area (Å²) in [5, 5.41) is 0. The highest BCUT2D eigenvalue weighted by molar-refractivity contribution is 5.72. The molecule has 81 heavy (non-hydrogen) atoms. The molecule has 6 heteroatoms. The molecule has 0 saturated carbocycles. The molecule has 458 valence electrons. The van der Waals surface area contributed by atoms with Gasteiger partial charge in [0.1, 0.15) is 13.2 Å². The topological polar surface area (TPSA) is 78.9 Å². The minimum absolute atomic E-state index is 0.116. The van der Waals surface area contributed by atoms with E-state index in [0.29, 0.717) is 12.8 Å². The fraction of sp³-hybridized carbons (Fsp3) is 0.640. The number of ether oxygens (including phenoxy) is 3. The van der Waals surface area contributed by atoms with E-state index in [0.717, 1.165) is 116 Å². The van der Waals surface area contributed by atoms with E-state index in [-0.39, 0.29) is 31.6 Å². The van der Waals surface area contributed by atoms with Crippen LogP contribution in [0.1, 0.15) is 290 Å². The first-order valence-electron chi connectivity index (χ1n) is 33.3. The van der Waals surface area contributed by atoms with Gasteiger partial charge in [-0.2, -0.15) is 0 Å². The van der Waals surface area contributed by atoms with Gasteiger partial charge < -0.3 is 14.2 Å². The van der Waals surface area contributed by atoms with Gasteiger partial charge in [0.25, 0.3) is 0 Å². The van der Waals surface area contributed by atoms with Gasteiger partial charge in [-0.25, -0.2) is 0 Å². The summed E-state index contributed by atoms with van der Waals surface area (Å²) >= 11 is 0. The van der Waals surface area contributed by atoms with Crippen LogP contribution in [0.4, 0.5) is 0 Å². The fourth-order valence-electron chi connectivity index (χ4n) is 8.93. The van der Waals surface area contributed by atoms with Crippen molar-refractivity contribution in [3.63, 3.8) is 0 Å². The summed E-state index contributed by atoms with van der Waals surface area (Å²) in [6, 6.07) is 0. The second-order valence-corrected chi connectivity index (χ2v) is 21.6. The van der Waals surface area contributed by atoms with Gasteiger partial charge in [-0.1, -0.05) is 295 Å². The van der Waals surface area contributed by atoms with Crippen LogP contribution in [0.3, 0.4) is 0 Å². The number of carbonyl (C=O) groups excluding carboxylic acids is 3. The van der Waals surface area contributed by atoms with E-state index in [9.17, 15) is 14.4 Å². The molecule has 0 spiro atoms. The molecule has 0 aromatic carbocycles. The third kappa shape index (κ3) is 66.0. The van der Waals surface area contributed by atoms with Crippen molar-refractivity contribution in [2.75, 3.05) is 13.2 Å². The molecule has 0 heterocycles. The zero-order chi connectivity index (χ0) is 58.5. The summed E-state index contributed by atoms with van der Waals surface area (Å²) in [7, 11) is 0. The van der Waals surface area contributed by atoms with Crippen LogP contribution in [-0.4, -0.2) is 37.2 Å². The van der Waals surface area contributed by atoms with Crippen molar-refractivity contribution in [3.8, 4) is 0 Å². The molecule has 0 rings (SSSR count). The fourth-order valence-corrected chi connectivity index (χ4v) is 8.93. The largest absolute Gasteiger partial charge is 0.462 e. The van der Waals surface area contributed by atoms with Gasteiger partial charge in [0.05, 0.1) is 6.42 Å². The van der Waals surface area contributed by atoms with Crippen molar-refractivity contribution in [1.29, 1.82) is 0 Å². The molecule has 1 unspecified atom stereocenters. The molecule has 0 aromatic rings. The number of hydrogen-bond acceptors (Lipinski definition) is 6. The van der Waals surface area contributed by atoms with Crippen LogP contribution in [-0.2, 0) is 28.6 Å². The second kappa shape index (κ2) is 67.8. The predicted octanol–water partition coefficient (Wildman–Crippen LogP) is 23.1. The van der Waals surface area contributed by atoms with Gasteiger partial charge in [-0.05, 0) is 122 Å². The second-order valence-electron chi connectivity index (χ2n) is 21.6. The maximum absolute atomic E-state index is 12.9. The summed E-state index contributed by atoms with van der Waals surface area (Å²) in [6.07, 6.45) is 97.4. The van der Waals surface area contributed by atoms with Crippen molar-refractivity contribution in [1.82, 2.24) is 0 Å². The Balaban J connectivity index is 4.44. The van der Waals surface area contributed by atoms with Crippen molar-refractivity contribution in [3.05, 3.63) is 146 Å². The summed E-state index contributed by atoms with van der Waals surface area (Å²) in [4.78, 5) is 38.3. The SMILES string of the molecule is CC/C=C\C/C=C\C/C=C\C/C=C\C/C=C\CC(=O)OCC(COC(=O)CCCCCCCCCCCCCC/C=C\C/C=C\C/C=C\C/C=C\CC)OC(=O)CCCCCCCCCC/C=C\C/C=C\C/C=C\CCCCCCC. The summed E-state index contributed by atoms with van der Waals surface area (Å²) in [5.41, 5.74) is 0. The normalized spacial score (nSPS) is 13.1. The lowest BCUT2D eigenvalue weighted by molar-refractivity contribution is -0.166. The molecule has 6 nitrogen and oxygen atoms in total. The Kier molecular flexibility index (Phi) is 63.9. The van der Waals surface area contributed by atoms with Crippen molar-refractivity contribution < 1.29 is 28.6 Å². The van der Waals surface area contributed by atoms with Crippen molar-refractivity contribution in [2.24, 2.45) is 0 Å². The predicted molar refractivity (Wildman–Crippen MR) is 352 cm³/mol. The van der Waals surface area contributed by atoms with Crippen molar-refractivity contribution >= 4 is 17.9 Å². The Bertz CT molecular complexity index is 1760. The minimum atomic E-state index is -0.830. The molecule has 0 aliphatic carbocycles. The average molecular weight is 1120 g/mol. The number of esters is 3. The minimum Gasteiger partial charge on any atom is -0.462 e. The number of carbonyl (C=O) groups is 3. The summed E-state index contributed by atoms with van der Waals surface area (Å²) < 4.78 is 16.8. The smallest absolute Gasteiger partial charge is 0.309 e. The highest BCUT2D eigenvalue weighted by Crippen LogP contribution is 2.16. The Morgan fingerprint density at radius 1 is 0.272 bits per heavy atom. The Morgan fingerprint density at radius 2 is 0.531 bits per heavy atom. The van der Waals surface area contributed by atoms with E-state index >= 15 is 0 Å². The molecule has 0 aliphatic heterocycles. The van der Waals surface area contributed by atoms with Crippen LogP contribution >= 0.6 is 0 Å². The monoisotopic (exact) mass is 1120 g/mol. The van der Waals surface area contributed by atoms with E-state index in [1.54, 1.807) is 6.08 Å². The molecular weight excluding hydrogens is 997 g/mol. The van der Waals surface area contributed by atoms with Crippen LogP contribution in [0.2, 0.25) is 0 Å². The van der Waals surface area contributed by atoms with E-state index in [1.807, 2.05) is 6.08 Å². The number of hydrogen-bond donors (Lipinski definition) is 0. The highest BCUT2D eigenvalue weighted by Gasteiger charge is 2.19. The van der Waals surface area contributed by atoms with Crippen LogP contribution in [0.25, 0.3) is 0 Å². The summed E-state index contributed by atoms with van der Waals surface area (Å²) in [5.74, 6) is -1.06. The van der Waals surface area contributed by atoms with E-state index in [1.165, 1.54) is 135 Å². The van der Waals surface area contributed by atoms with E-state index in [4.69, 9.17) is 14.2 Å². The van der Waals surface area contributed by atoms with Gasteiger partial charge in [-0.3, -0.25) is 14.4 Å². The van der Waals surface area contributed by atoms with Crippen LogP contribution in [0.5, 0.6) is 0 Å². The molecule has 0 amide bonds. The Morgan fingerprint density at radius 3 is 0.864 bits per heavy atom. The van der Waals surface area contributed by atoms with Crippen LogP contribution < -0.4 is 0 Å². The maximum Gasteiger partial charge on any atom is 0.309 e. The Hall–Kier alpha value is -4.71. The first-order chi connectivity index (χ1) is 40.0. The van der Waals surface area contributed by atoms with Crippen LogP contribution in [0, 0.1) is 0 Å². The lowest BCUT2D eigenvalue weighted by Gasteiger charge is -2.18. The Labute approximate surface area is 499 Å². The maximum atomic E-state index is 12.9. The first kappa shape index (κ1) is 76.3. The first-order valence-corrected chi connectivity index (χ1v) is 33.3. The van der Waals surface area contributed by atoms with E-state index < -0.39 is 12.1 Å². The lowest BCUT2D eigenvalue weighted by Crippen LogP contribution is -2.30. The van der Waals surface area contributed by atoms with Gasteiger partial charge in [0.15, 0.2) is 6.10 Å². The molecule has 0 fully saturated rings. The third-order valence-electron chi connectivity index (χ3n) is 13.8. The molecule has 1 atom stereocenters. The third-order valence-corrected chi connectivity index (χ3v) is 13.8. The molecule has 0 bridgehead atoms. The molecule has 0 radical (unpaired) electrons. The lowest BCUT2D eigenvalue weighted by atomic mass is 10.0. The van der Waals surface area contributed by atoms with Gasteiger partial charge >= 0.3 is 17.9 Å². The quantitative estimate of drug-likeness (QED) is 0.0261. The zero-order valence-corrected chi connectivity index (χ0v) is 52.5. The van der Waals surface area contributed by atoms with Gasteiger partial charge in [0.2, 0.25) is 0 Å². The molecule has 0 aromatic heterocycles. The zero-order valence-electron chi connectivity index (χ0n) is 52.5. The van der Waals surface area contributed by atoms with E-state index in [2.05, 4.69) is 154 Å². The number of allylic oxidation sites excluding steroid dienone is 23. The van der Waals surface area contributed by atoms with Gasteiger partial charge in [-0.15, -0.1) is 0 Å². The standard InChI is InChI=1S/C75H122O6/c1-4-7-10-13-16-19-22-25-28-30-32-34-36-37-39-40-42-44-47-50-53-56-59-62-65-68-74(77)80-71-72(70-79-73(76)67-64-61-58-55-52-49-46-27-24-21-18-15-12-9-6-3)81-75(78)69-66-63-60-57-54-51-48-45-43-41-38-35-33-31-29-26-23-20-17-14-11-8-5-2/h7,9-10,12,16,18-19,21,23,25-28,31-34,38,41,46,52,55,61,64,72H,4-6,8,11,13-15,17,20,22,24,29-30,35-37,39-40,42-45,47-51,53-54,56-60,62-63,65-71H2,1-3H3/b10-7-,12-9-,19-16-,21-18-,26-23-,28-25-,33-31-,34-32-,41-38-,46-27-,55-52-,64-61-. The summed E-state index contributed by atoms with van der Waals surface area (Å²) in [6.45, 7) is 6.32. The number of unbranched alkanes of at least 4 members (excludes halogenated alkanes) is 25. The molecule has 0 N–H and O–H groups in total.